The molecule has 1 aromatic heterocycles. The van der Waals surface area contributed by atoms with E-state index >= 15 is 0 Å². The number of piperidine rings is 1. The summed E-state index contributed by atoms with van der Waals surface area (Å²) < 4.78 is 5.91. The minimum atomic E-state index is -0.372. The predicted molar refractivity (Wildman–Crippen MR) is 153 cm³/mol. The molecular formula is C30H38ClN5O4. The van der Waals surface area contributed by atoms with Crippen LogP contribution in [0.25, 0.3) is 0 Å². The maximum absolute atomic E-state index is 13.4. The molecule has 2 unspecified atom stereocenters. The van der Waals surface area contributed by atoms with Crippen LogP contribution in [0.4, 0.5) is 10.5 Å². The van der Waals surface area contributed by atoms with Gasteiger partial charge in [0, 0.05) is 82.5 Å². The monoisotopic (exact) mass is 567 g/mol. The van der Waals surface area contributed by atoms with E-state index in [0.29, 0.717) is 55.0 Å². The Balaban J connectivity index is 1.14. The van der Waals surface area contributed by atoms with Gasteiger partial charge in [-0.3, -0.25) is 19.5 Å². The largest absolute Gasteiger partial charge is 0.446 e. The zero-order chi connectivity index (χ0) is 28.2. The number of hydrogen-bond acceptors (Lipinski definition) is 6. The van der Waals surface area contributed by atoms with Crippen LogP contribution in [0.1, 0.15) is 42.2 Å². The highest BCUT2D eigenvalue weighted by Gasteiger charge is 2.41. The van der Waals surface area contributed by atoms with Crippen molar-refractivity contribution in [1.29, 1.82) is 0 Å². The fourth-order valence-electron chi connectivity index (χ4n) is 6.11. The second-order valence-corrected chi connectivity index (χ2v) is 11.6. The molecule has 0 spiro atoms. The third-order valence-corrected chi connectivity index (χ3v) is 8.84. The van der Waals surface area contributed by atoms with Gasteiger partial charge in [0.25, 0.3) is 5.91 Å². The van der Waals surface area contributed by atoms with E-state index in [4.69, 9.17) is 16.3 Å². The van der Waals surface area contributed by atoms with Crippen LogP contribution in [0.2, 0.25) is 5.02 Å². The highest BCUT2D eigenvalue weighted by molar-refractivity contribution is 6.31. The number of aromatic nitrogens is 1. The first-order valence-electron chi connectivity index (χ1n) is 14.2. The van der Waals surface area contributed by atoms with E-state index in [9.17, 15) is 14.4 Å². The summed E-state index contributed by atoms with van der Waals surface area (Å²) in [6.07, 6.45) is 3.16. The molecule has 10 heteroatoms. The molecule has 3 saturated heterocycles. The van der Waals surface area contributed by atoms with E-state index in [-0.39, 0.29) is 24.0 Å². The van der Waals surface area contributed by atoms with Gasteiger partial charge in [0.1, 0.15) is 11.8 Å². The number of fused-ring (bicyclic) bond motifs is 1. The van der Waals surface area contributed by atoms with Crippen molar-refractivity contribution < 1.29 is 19.1 Å². The lowest BCUT2D eigenvalue weighted by molar-refractivity contribution is -0.130. The molecule has 0 bridgehead atoms. The molecule has 2 atom stereocenters. The number of carbonyl (C=O) groups is 3. The molecule has 0 saturated carbocycles. The van der Waals surface area contributed by atoms with Gasteiger partial charge in [0.15, 0.2) is 0 Å². The van der Waals surface area contributed by atoms with Crippen LogP contribution >= 0.6 is 11.6 Å². The van der Waals surface area contributed by atoms with Crippen LogP contribution in [0, 0.1) is 18.8 Å². The lowest BCUT2D eigenvalue weighted by Gasteiger charge is -2.32. The molecule has 3 amide bonds. The molecule has 2 aromatic rings. The van der Waals surface area contributed by atoms with Gasteiger partial charge < -0.3 is 19.4 Å². The molecular weight excluding hydrogens is 530 g/mol. The van der Waals surface area contributed by atoms with Gasteiger partial charge >= 0.3 is 6.09 Å². The number of halogens is 1. The number of likely N-dealkylation sites (tertiary alicyclic amines) is 3. The van der Waals surface area contributed by atoms with Gasteiger partial charge in [-0.05, 0) is 61.6 Å². The van der Waals surface area contributed by atoms with E-state index in [1.165, 1.54) is 0 Å². The van der Waals surface area contributed by atoms with Gasteiger partial charge in [0.05, 0.1) is 0 Å². The molecule has 1 aromatic carbocycles. The topological polar surface area (TPSA) is 86.3 Å². The SMILES string of the molecule is CC(=O)N1CCC(OC(=O)N(CCCN2CC3CN(C(=O)c4ccccn4)CC3C2)c2ccc(C)c(Cl)c2)CC1. The van der Waals surface area contributed by atoms with E-state index in [0.717, 1.165) is 50.4 Å². The standard InChI is InChI=1S/C30H38ClN5O4/c1-21-7-8-25(16-27(21)31)36(30(39)40-26-9-14-34(15-10-26)22(2)37)13-5-12-33-17-23-19-35(20-24(23)18-33)29(38)28-6-3-4-11-32-28/h3-4,6-8,11,16,23-24,26H,5,9-10,12-15,17-20H2,1-2H3. The summed E-state index contributed by atoms with van der Waals surface area (Å²) in [6, 6.07) is 11.1. The van der Waals surface area contributed by atoms with Crippen LogP contribution in [0.5, 0.6) is 0 Å². The van der Waals surface area contributed by atoms with E-state index in [1.807, 2.05) is 42.2 Å². The third-order valence-electron chi connectivity index (χ3n) is 8.43. The van der Waals surface area contributed by atoms with Gasteiger partial charge in [-0.2, -0.15) is 0 Å². The number of anilines is 1. The Bertz CT molecular complexity index is 1210. The fraction of sp³-hybridized carbons (Fsp3) is 0.533. The summed E-state index contributed by atoms with van der Waals surface area (Å²) >= 11 is 6.41. The Morgan fingerprint density at radius 2 is 1.75 bits per heavy atom. The van der Waals surface area contributed by atoms with Crippen molar-refractivity contribution in [1.82, 2.24) is 19.7 Å². The smallest absolute Gasteiger partial charge is 0.414 e. The molecule has 214 valence electrons. The number of carbonyl (C=O) groups excluding carboxylic acids is 3. The number of ether oxygens (including phenoxy) is 1. The molecule has 0 aliphatic carbocycles. The summed E-state index contributed by atoms with van der Waals surface area (Å²) in [7, 11) is 0. The lowest BCUT2D eigenvalue weighted by atomic mass is 10.0. The number of nitrogens with zero attached hydrogens (tertiary/aromatic N) is 5. The first kappa shape index (κ1) is 28.4. The van der Waals surface area contributed by atoms with Crippen LogP contribution in [-0.2, 0) is 9.53 Å². The zero-order valence-corrected chi connectivity index (χ0v) is 24.1. The maximum Gasteiger partial charge on any atom is 0.414 e. The average molecular weight is 568 g/mol. The second-order valence-electron chi connectivity index (χ2n) is 11.2. The number of pyridine rings is 1. The molecule has 3 aliphatic rings. The number of amides is 3. The Morgan fingerprint density at radius 1 is 1.02 bits per heavy atom. The van der Waals surface area contributed by atoms with E-state index in [2.05, 4.69) is 9.88 Å². The third kappa shape index (κ3) is 6.58. The zero-order valence-electron chi connectivity index (χ0n) is 23.3. The summed E-state index contributed by atoms with van der Waals surface area (Å²) in [6.45, 7) is 9.52. The summed E-state index contributed by atoms with van der Waals surface area (Å²) in [5.74, 6) is 0.995. The highest BCUT2D eigenvalue weighted by atomic mass is 35.5. The van der Waals surface area contributed by atoms with Gasteiger partial charge in [-0.15, -0.1) is 0 Å². The Morgan fingerprint density at radius 3 is 2.38 bits per heavy atom. The molecule has 9 nitrogen and oxygen atoms in total. The van der Waals surface area contributed by atoms with Crippen molar-refractivity contribution >= 4 is 35.2 Å². The first-order valence-corrected chi connectivity index (χ1v) is 14.6. The van der Waals surface area contributed by atoms with Gasteiger partial charge in [-0.25, -0.2) is 4.79 Å². The lowest BCUT2D eigenvalue weighted by Crippen LogP contribution is -2.43. The van der Waals surface area contributed by atoms with Crippen LogP contribution in [0.3, 0.4) is 0 Å². The van der Waals surface area contributed by atoms with Crippen LogP contribution < -0.4 is 4.90 Å². The molecule has 3 aliphatic heterocycles. The first-order chi connectivity index (χ1) is 19.3. The quantitative estimate of drug-likeness (QED) is 0.501. The minimum Gasteiger partial charge on any atom is -0.446 e. The maximum atomic E-state index is 13.4. The predicted octanol–water partition coefficient (Wildman–Crippen LogP) is 4.09. The highest BCUT2D eigenvalue weighted by Crippen LogP contribution is 2.32. The summed E-state index contributed by atoms with van der Waals surface area (Å²) in [5, 5.41) is 0.613. The molecule has 0 N–H and O–H groups in total. The minimum absolute atomic E-state index is 0.0134. The van der Waals surface area contributed by atoms with Crippen molar-refractivity contribution in [2.75, 3.05) is 57.3 Å². The normalized spacial score (nSPS) is 21.4. The fourth-order valence-corrected chi connectivity index (χ4v) is 6.29. The van der Waals surface area contributed by atoms with Crippen molar-refractivity contribution in [3.05, 3.63) is 58.9 Å². The number of rotatable bonds is 7. The second kappa shape index (κ2) is 12.6. The Hall–Kier alpha value is -3.17. The van der Waals surface area contributed by atoms with Crippen LogP contribution in [0.15, 0.2) is 42.6 Å². The summed E-state index contributed by atoms with van der Waals surface area (Å²) in [4.78, 5) is 49.9. The molecule has 5 rings (SSSR count). The van der Waals surface area contributed by atoms with Gasteiger partial charge in [-0.1, -0.05) is 23.7 Å². The van der Waals surface area contributed by atoms with E-state index in [1.54, 1.807) is 29.0 Å². The van der Waals surface area contributed by atoms with Gasteiger partial charge in [0.2, 0.25) is 5.91 Å². The van der Waals surface area contributed by atoms with Crippen LogP contribution in [-0.4, -0.2) is 96.1 Å². The Kier molecular flexibility index (Phi) is 8.90. The number of hydrogen-bond donors (Lipinski definition) is 0. The van der Waals surface area contributed by atoms with Crippen molar-refractivity contribution in [3.8, 4) is 0 Å². The van der Waals surface area contributed by atoms with Crippen molar-refractivity contribution in [2.24, 2.45) is 11.8 Å². The molecule has 4 heterocycles. The van der Waals surface area contributed by atoms with Crippen molar-refractivity contribution in [3.63, 3.8) is 0 Å². The number of benzene rings is 1. The molecule has 40 heavy (non-hydrogen) atoms. The summed E-state index contributed by atoms with van der Waals surface area (Å²) in [5.41, 5.74) is 2.19. The van der Waals surface area contributed by atoms with Crippen molar-refractivity contribution in [2.45, 2.75) is 39.2 Å². The number of aryl methyl sites for hydroxylation is 1. The Labute approximate surface area is 241 Å². The molecule has 3 fully saturated rings. The molecule has 0 radical (unpaired) electrons. The average Bonchev–Trinajstić information content (AvgIpc) is 3.52. The van der Waals surface area contributed by atoms with E-state index < -0.39 is 0 Å².